The molecule has 1 aromatic rings. The molecule has 0 saturated carbocycles. The fourth-order valence-electron chi connectivity index (χ4n) is 0.806. The first-order chi connectivity index (χ1) is 6.42. The van der Waals surface area contributed by atoms with Gasteiger partial charge in [0.05, 0.1) is 17.3 Å². The van der Waals surface area contributed by atoms with Crippen molar-refractivity contribution in [2.45, 2.75) is 0 Å². The minimum atomic E-state index is -4.49. The van der Waals surface area contributed by atoms with E-state index in [0.717, 1.165) is 12.1 Å². The Hall–Kier alpha value is -1.65. The molecule has 1 aromatic carbocycles. The number of hydrogen-bond acceptors (Lipinski definition) is 3. The number of nitriles is 1. The predicted octanol–water partition coefficient (Wildman–Crippen LogP) is 0.912. The Morgan fingerprint density at radius 2 is 2.14 bits per heavy atom. The second-order valence-corrected chi connectivity index (χ2v) is 3.54. The van der Waals surface area contributed by atoms with Gasteiger partial charge < -0.3 is 0 Å². The van der Waals surface area contributed by atoms with Crippen LogP contribution in [-0.4, -0.2) is 13.0 Å². The first-order valence-electron chi connectivity index (χ1n) is 3.37. The second-order valence-electron chi connectivity index (χ2n) is 2.38. The van der Waals surface area contributed by atoms with Gasteiger partial charge in [-0.1, -0.05) is 0 Å². The van der Waals surface area contributed by atoms with Crippen molar-refractivity contribution in [3.05, 3.63) is 29.6 Å². The van der Waals surface area contributed by atoms with Gasteiger partial charge in [0.15, 0.2) is 0 Å². The van der Waals surface area contributed by atoms with E-state index in [9.17, 15) is 12.8 Å². The van der Waals surface area contributed by atoms with E-state index in [0.29, 0.717) is 0 Å². The predicted molar refractivity (Wildman–Crippen MR) is 46.3 cm³/mol. The molecule has 0 saturated heterocycles. The number of rotatable bonds is 2. The Labute approximate surface area is 79.7 Å². The quantitative estimate of drug-likeness (QED) is 0.719. The van der Waals surface area contributed by atoms with Crippen molar-refractivity contribution in [1.82, 2.24) is 0 Å². The molecule has 0 spiro atoms. The average molecular weight is 216 g/mol. The van der Waals surface area contributed by atoms with Crippen LogP contribution < -0.4 is 4.72 Å². The summed E-state index contributed by atoms with van der Waals surface area (Å²) in [6, 6.07) is 4.79. The monoisotopic (exact) mass is 216 g/mol. The Bertz CT molecular complexity index is 492. The van der Waals surface area contributed by atoms with Gasteiger partial charge in [0.1, 0.15) is 5.82 Å². The van der Waals surface area contributed by atoms with Crippen molar-refractivity contribution in [3.8, 4) is 6.07 Å². The van der Waals surface area contributed by atoms with E-state index < -0.39 is 21.8 Å². The van der Waals surface area contributed by atoms with Crippen LogP contribution in [0.15, 0.2) is 18.2 Å². The van der Waals surface area contributed by atoms with Crippen LogP contribution in [0.5, 0.6) is 0 Å². The molecule has 0 bridgehead atoms. The van der Waals surface area contributed by atoms with Gasteiger partial charge in [0.2, 0.25) is 0 Å². The number of nitrogens with zero attached hydrogens (tertiary/aromatic N) is 1. The first-order valence-corrected chi connectivity index (χ1v) is 4.81. The standard InChI is InChI=1S/C7H5FN2O3S/c8-6-3-5(4-9)1-2-7(6)10-14(11,12)13/h1-3,10H,(H,11,12,13). The zero-order chi connectivity index (χ0) is 10.8. The number of anilines is 1. The highest BCUT2D eigenvalue weighted by molar-refractivity contribution is 7.87. The Morgan fingerprint density at radius 1 is 1.50 bits per heavy atom. The fraction of sp³-hybridized carbons (Fsp3) is 0. The summed E-state index contributed by atoms with van der Waals surface area (Å²) in [6.07, 6.45) is 0. The molecule has 0 unspecified atom stereocenters. The van der Waals surface area contributed by atoms with Crippen LogP contribution >= 0.6 is 0 Å². The van der Waals surface area contributed by atoms with Crippen LogP contribution in [0.3, 0.4) is 0 Å². The molecular weight excluding hydrogens is 211 g/mol. The third-order valence-electron chi connectivity index (χ3n) is 1.34. The summed E-state index contributed by atoms with van der Waals surface area (Å²) in [6.45, 7) is 0. The zero-order valence-corrected chi connectivity index (χ0v) is 7.55. The molecule has 0 aromatic heterocycles. The van der Waals surface area contributed by atoms with E-state index in [4.69, 9.17) is 9.81 Å². The molecule has 14 heavy (non-hydrogen) atoms. The summed E-state index contributed by atoms with van der Waals surface area (Å²) in [4.78, 5) is 0. The molecule has 74 valence electrons. The summed E-state index contributed by atoms with van der Waals surface area (Å²) in [5, 5.41) is 8.38. The average Bonchev–Trinajstić information content (AvgIpc) is 2.06. The normalized spacial score (nSPS) is 10.6. The van der Waals surface area contributed by atoms with Gasteiger partial charge in [-0.3, -0.25) is 9.27 Å². The van der Waals surface area contributed by atoms with Gasteiger partial charge in [-0.25, -0.2) is 4.39 Å². The highest BCUT2D eigenvalue weighted by Crippen LogP contribution is 2.15. The molecule has 2 N–H and O–H groups in total. The van der Waals surface area contributed by atoms with Crippen molar-refractivity contribution in [2.75, 3.05) is 4.72 Å². The lowest BCUT2D eigenvalue weighted by Gasteiger charge is -2.03. The van der Waals surface area contributed by atoms with Gasteiger partial charge >= 0.3 is 10.3 Å². The van der Waals surface area contributed by atoms with Crippen LogP contribution in [0, 0.1) is 17.1 Å². The summed E-state index contributed by atoms with van der Waals surface area (Å²) < 4.78 is 43.5. The summed E-state index contributed by atoms with van der Waals surface area (Å²) >= 11 is 0. The number of nitrogens with one attached hydrogen (secondary N) is 1. The minimum absolute atomic E-state index is 0.0587. The lowest BCUT2D eigenvalue weighted by Crippen LogP contribution is -2.11. The van der Waals surface area contributed by atoms with Crippen molar-refractivity contribution >= 4 is 16.0 Å². The lowest BCUT2D eigenvalue weighted by atomic mass is 10.2. The third-order valence-corrected chi connectivity index (χ3v) is 1.81. The van der Waals surface area contributed by atoms with E-state index >= 15 is 0 Å². The Morgan fingerprint density at radius 3 is 2.57 bits per heavy atom. The fourth-order valence-corrected chi connectivity index (χ4v) is 1.25. The number of benzene rings is 1. The van der Waals surface area contributed by atoms with Crippen molar-refractivity contribution in [2.24, 2.45) is 0 Å². The van der Waals surface area contributed by atoms with Gasteiger partial charge in [0, 0.05) is 0 Å². The van der Waals surface area contributed by atoms with Crippen molar-refractivity contribution in [1.29, 1.82) is 5.26 Å². The Balaban J connectivity index is 3.09. The van der Waals surface area contributed by atoms with E-state index in [-0.39, 0.29) is 5.56 Å². The van der Waals surface area contributed by atoms with Gasteiger partial charge in [0.25, 0.3) is 0 Å². The highest BCUT2D eigenvalue weighted by Gasteiger charge is 2.09. The minimum Gasteiger partial charge on any atom is -0.269 e. The molecule has 0 aliphatic rings. The van der Waals surface area contributed by atoms with E-state index in [1.807, 2.05) is 0 Å². The second kappa shape index (κ2) is 3.61. The molecule has 0 atom stereocenters. The summed E-state index contributed by atoms with van der Waals surface area (Å²) in [5.41, 5.74) is -0.352. The number of halogens is 1. The van der Waals surface area contributed by atoms with Gasteiger partial charge in [-0.2, -0.15) is 13.7 Å². The molecule has 0 fully saturated rings. The SMILES string of the molecule is N#Cc1ccc(NS(=O)(=O)O)c(F)c1. The van der Waals surface area contributed by atoms with Gasteiger partial charge in [-0.15, -0.1) is 0 Å². The van der Waals surface area contributed by atoms with Crippen LogP contribution in [0.4, 0.5) is 10.1 Å². The smallest absolute Gasteiger partial charge is 0.269 e. The first kappa shape index (κ1) is 10.4. The van der Waals surface area contributed by atoms with Gasteiger partial charge in [-0.05, 0) is 18.2 Å². The topological polar surface area (TPSA) is 90.2 Å². The molecule has 1 rings (SSSR count). The zero-order valence-electron chi connectivity index (χ0n) is 6.73. The van der Waals surface area contributed by atoms with Crippen molar-refractivity contribution in [3.63, 3.8) is 0 Å². The van der Waals surface area contributed by atoms with E-state index in [2.05, 4.69) is 0 Å². The molecular formula is C7H5FN2O3S. The highest BCUT2D eigenvalue weighted by atomic mass is 32.2. The lowest BCUT2D eigenvalue weighted by molar-refractivity contribution is 0.489. The molecule has 0 amide bonds. The molecule has 0 aliphatic heterocycles. The molecule has 0 radical (unpaired) electrons. The largest absolute Gasteiger partial charge is 0.357 e. The molecule has 7 heteroatoms. The maximum absolute atomic E-state index is 13.0. The maximum Gasteiger partial charge on any atom is 0.357 e. The number of hydrogen-bond donors (Lipinski definition) is 2. The van der Waals surface area contributed by atoms with E-state index in [1.165, 1.54) is 6.07 Å². The Kier molecular flexibility index (Phi) is 2.69. The molecule has 5 nitrogen and oxygen atoms in total. The van der Waals surface area contributed by atoms with Crippen LogP contribution in [0.1, 0.15) is 5.56 Å². The van der Waals surface area contributed by atoms with Crippen LogP contribution in [0.25, 0.3) is 0 Å². The summed E-state index contributed by atoms with van der Waals surface area (Å²) in [7, 11) is -4.49. The third kappa shape index (κ3) is 2.69. The van der Waals surface area contributed by atoms with Crippen LogP contribution in [0.2, 0.25) is 0 Å². The molecule has 0 aliphatic carbocycles. The molecule has 0 heterocycles. The van der Waals surface area contributed by atoms with Crippen molar-refractivity contribution < 1.29 is 17.4 Å². The summed E-state index contributed by atoms with van der Waals surface area (Å²) in [5.74, 6) is -0.929. The maximum atomic E-state index is 13.0. The van der Waals surface area contributed by atoms with E-state index in [1.54, 1.807) is 10.8 Å². The van der Waals surface area contributed by atoms with Crippen LogP contribution in [-0.2, 0) is 10.3 Å².